The summed E-state index contributed by atoms with van der Waals surface area (Å²) in [5.41, 5.74) is 6.78. The minimum Gasteiger partial charge on any atom is -0.493 e. The van der Waals surface area contributed by atoms with E-state index in [9.17, 15) is 9.59 Å². The van der Waals surface area contributed by atoms with Crippen LogP contribution in [0.4, 0.5) is 5.69 Å². The zero-order valence-corrected chi connectivity index (χ0v) is 23.6. The molecule has 10 nitrogen and oxygen atoms in total. The number of carbonyl (C=O) groups is 1. The van der Waals surface area contributed by atoms with Crippen LogP contribution in [0, 0.1) is 20.8 Å². The second-order valence-electron chi connectivity index (χ2n) is 10.1. The number of rotatable bonds is 9. The summed E-state index contributed by atoms with van der Waals surface area (Å²) in [6.45, 7) is 8.90. The number of nitrogens with zero attached hydrogens (tertiary/aromatic N) is 5. The maximum Gasteiger partial charge on any atom is 0.330 e. The topological polar surface area (TPSA) is 116 Å². The maximum absolute atomic E-state index is 14.0. The number of benzene rings is 2. The van der Waals surface area contributed by atoms with Gasteiger partial charge >= 0.3 is 5.69 Å². The van der Waals surface area contributed by atoms with Gasteiger partial charge in [0.1, 0.15) is 17.6 Å². The van der Waals surface area contributed by atoms with Crippen molar-refractivity contribution in [1.29, 1.82) is 0 Å². The van der Waals surface area contributed by atoms with Gasteiger partial charge in [0.25, 0.3) is 0 Å². The molecular formula is C30H34N6O4. The van der Waals surface area contributed by atoms with Crippen molar-refractivity contribution in [2.75, 3.05) is 13.7 Å². The van der Waals surface area contributed by atoms with E-state index in [1.54, 1.807) is 11.7 Å². The van der Waals surface area contributed by atoms with E-state index in [0.717, 1.165) is 39.2 Å². The summed E-state index contributed by atoms with van der Waals surface area (Å²) < 4.78 is 14.6. The Kier molecular flexibility index (Phi) is 7.68. The van der Waals surface area contributed by atoms with E-state index in [1.807, 2.05) is 45.9 Å². The smallest absolute Gasteiger partial charge is 0.330 e. The fraction of sp³-hybridized carbons (Fsp3) is 0.367. The zero-order chi connectivity index (χ0) is 28.4. The minimum absolute atomic E-state index is 0.0878. The molecular weight excluding hydrogens is 508 g/mol. The Morgan fingerprint density at radius 3 is 2.55 bits per heavy atom. The lowest BCUT2D eigenvalue weighted by molar-refractivity contribution is -0.119. The fourth-order valence-corrected chi connectivity index (χ4v) is 5.34. The van der Waals surface area contributed by atoms with E-state index in [-0.39, 0.29) is 24.4 Å². The highest BCUT2D eigenvalue weighted by molar-refractivity contribution is 5.78. The second kappa shape index (κ2) is 11.3. The number of methoxy groups -OCH3 is 1. The quantitative estimate of drug-likeness (QED) is 0.344. The van der Waals surface area contributed by atoms with E-state index in [2.05, 4.69) is 27.3 Å². The highest BCUT2D eigenvalue weighted by Crippen LogP contribution is 2.37. The van der Waals surface area contributed by atoms with Crippen LogP contribution >= 0.6 is 0 Å². The van der Waals surface area contributed by atoms with Crippen LogP contribution in [0.25, 0.3) is 11.3 Å². The number of H-pyrrole nitrogens is 1. The van der Waals surface area contributed by atoms with Gasteiger partial charge in [-0.25, -0.2) is 14.8 Å². The molecule has 2 aromatic carbocycles. The first kappa shape index (κ1) is 27.1. The summed E-state index contributed by atoms with van der Waals surface area (Å²) >= 11 is 0. The predicted molar refractivity (Wildman–Crippen MR) is 151 cm³/mol. The van der Waals surface area contributed by atoms with Crippen LogP contribution in [0.1, 0.15) is 41.4 Å². The monoisotopic (exact) mass is 542 g/mol. The Hall–Kier alpha value is -4.47. The van der Waals surface area contributed by atoms with E-state index in [0.29, 0.717) is 48.8 Å². The number of nitrogens with one attached hydrogen (secondary N) is 1. The van der Waals surface area contributed by atoms with Crippen LogP contribution in [0.5, 0.6) is 11.5 Å². The first-order valence-corrected chi connectivity index (χ1v) is 13.5. The first-order chi connectivity index (χ1) is 19.3. The Balaban J connectivity index is 1.67. The summed E-state index contributed by atoms with van der Waals surface area (Å²) in [4.78, 5) is 36.2. The molecule has 0 saturated carbocycles. The average molecular weight is 543 g/mol. The van der Waals surface area contributed by atoms with Crippen LogP contribution in [0.2, 0.25) is 0 Å². The largest absolute Gasteiger partial charge is 0.493 e. The number of hydrogen-bond donors (Lipinski definition) is 1. The van der Waals surface area contributed by atoms with Crippen molar-refractivity contribution < 1.29 is 14.3 Å². The number of aromatic amines is 1. The van der Waals surface area contributed by atoms with Gasteiger partial charge in [0.2, 0.25) is 0 Å². The molecule has 1 N–H and O–H groups in total. The van der Waals surface area contributed by atoms with Crippen LogP contribution in [-0.4, -0.2) is 43.8 Å². The molecule has 2 aromatic heterocycles. The number of aromatic nitrogens is 5. The maximum atomic E-state index is 14.0. The molecule has 5 rings (SSSR count). The SMILES string of the molecule is CCOc1cc2c(cc1OC)-c1cc(=Nc3c(C)cc(C)cc3C)n(CC(=O)CCc3ncn[nH]3)c(=O)n1CC2. The van der Waals surface area contributed by atoms with Gasteiger partial charge in [-0.3, -0.25) is 19.0 Å². The van der Waals surface area contributed by atoms with Crippen molar-refractivity contribution in [3.63, 3.8) is 0 Å². The third-order valence-electron chi connectivity index (χ3n) is 7.17. The van der Waals surface area contributed by atoms with Gasteiger partial charge in [0.05, 0.1) is 31.6 Å². The predicted octanol–water partition coefficient (Wildman–Crippen LogP) is 3.76. The van der Waals surface area contributed by atoms with Crippen LogP contribution < -0.4 is 20.7 Å². The highest BCUT2D eigenvalue weighted by Gasteiger charge is 2.23. The Morgan fingerprint density at radius 2 is 1.88 bits per heavy atom. The molecule has 0 unspecified atom stereocenters. The molecule has 0 bridgehead atoms. The van der Waals surface area contributed by atoms with Gasteiger partial charge in [-0.05, 0) is 62.9 Å². The molecule has 4 aromatic rings. The van der Waals surface area contributed by atoms with Gasteiger partial charge < -0.3 is 9.47 Å². The number of carbonyl (C=O) groups excluding carboxylic acids is 1. The molecule has 40 heavy (non-hydrogen) atoms. The van der Waals surface area contributed by atoms with Crippen molar-refractivity contribution in [1.82, 2.24) is 24.3 Å². The summed E-state index contributed by atoms with van der Waals surface area (Å²) in [5.74, 6) is 1.82. The third-order valence-corrected chi connectivity index (χ3v) is 7.17. The van der Waals surface area contributed by atoms with Gasteiger partial charge in [0, 0.05) is 31.0 Å². The van der Waals surface area contributed by atoms with Crippen molar-refractivity contribution in [2.45, 2.75) is 60.0 Å². The van der Waals surface area contributed by atoms with Crippen molar-refractivity contribution in [3.8, 4) is 22.8 Å². The standard InChI is InChI=1S/C30H34N6O4/c1-6-40-26-13-21-9-10-35-24(23(21)14-25(26)39-5)15-28(33-29-19(3)11-18(2)12-20(29)4)36(30(35)38)16-22(37)7-8-27-31-17-32-34-27/h11-15,17H,6-10,16H2,1-5H3,(H,31,32,34). The van der Waals surface area contributed by atoms with Gasteiger partial charge in [-0.2, -0.15) is 5.10 Å². The van der Waals surface area contributed by atoms with E-state index >= 15 is 0 Å². The van der Waals surface area contributed by atoms with Gasteiger partial charge in [-0.15, -0.1) is 0 Å². The average Bonchev–Trinajstić information content (AvgIpc) is 3.45. The first-order valence-electron chi connectivity index (χ1n) is 13.5. The molecule has 0 saturated heterocycles. The molecule has 0 aliphatic carbocycles. The van der Waals surface area contributed by atoms with Gasteiger partial charge in [0.15, 0.2) is 17.3 Å². The number of hydrogen-bond acceptors (Lipinski definition) is 7. The van der Waals surface area contributed by atoms with E-state index in [1.165, 1.54) is 10.9 Å². The number of aryl methyl sites for hydroxylation is 5. The zero-order valence-electron chi connectivity index (χ0n) is 23.6. The third kappa shape index (κ3) is 5.34. The summed E-state index contributed by atoms with van der Waals surface area (Å²) in [6, 6.07) is 9.95. The van der Waals surface area contributed by atoms with Crippen molar-refractivity contribution >= 4 is 11.5 Å². The van der Waals surface area contributed by atoms with Crippen molar-refractivity contribution in [3.05, 3.63) is 80.7 Å². The Bertz CT molecular complexity index is 1680. The van der Waals surface area contributed by atoms with E-state index in [4.69, 9.17) is 14.5 Å². The molecule has 3 heterocycles. The van der Waals surface area contributed by atoms with Crippen molar-refractivity contribution in [2.24, 2.45) is 4.99 Å². The number of ketones is 1. The Labute approximate surface area is 232 Å². The molecule has 10 heteroatoms. The molecule has 1 aliphatic rings. The molecule has 0 amide bonds. The number of fused-ring (bicyclic) bond motifs is 3. The van der Waals surface area contributed by atoms with E-state index < -0.39 is 0 Å². The molecule has 208 valence electrons. The highest BCUT2D eigenvalue weighted by atomic mass is 16.5. The summed E-state index contributed by atoms with van der Waals surface area (Å²) in [5, 5.41) is 6.62. The second-order valence-corrected chi connectivity index (χ2v) is 10.1. The molecule has 0 radical (unpaired) electrons. The van der Waals surface area contributed by atoms with Crippen LogP contribution in [0.15, 0.2) is 46.4 Å². The molecule has 0 fully saturated rings. The fourth-order valence-electron chi connectivity index (χ4n) is 5.34. The lowest BCUT2D eigenvalue weighted by Crippen LogP contribution is -2.43. The number of ether oxygens (including phenoxy) is 2. The van der Waals surface area contributed by atoms with Gasteiger partial charge in [-0.1, -0.05) is 17.7 Å². The molecule has 1 aliphatic heterocycles. The Morgan fingerprint density at radius 1 is 1.10 bits per heavy atom. The molecule has 0 spiro atoms. The summed E-state index contributed by atoms with van der Waals surface area (Å²) in [7, 11) is 1.60. The van der Waals surface area contributed by atoms with Crippen LogP contribution in [0.3, 0.4) is 0 Å². The van der Waals surface area contributed by atoms with Crippen LogP contribution in [-0.2, 0) is 30.7 Å². The normalized spacial score (nSPS) is 12.7. The number of Topliss-reactive ketones (excluding diaryl/α,β-unsaturated/α-hetero) is 1. The minimum atomic E-state index is -0.273. The lowest BCUT2D eigenvalue weighted by atomic mass is 9.97. The lowest BCUT2D eigenvalue weighted by Gasteiger charge is -2.24. The molecule has 0 atom stereocenters. The summed E-state index contributed by atoms with van der Waals surface area (Å²) in [6.07, 6.45) is 2.71.